The quantitative estimate of drug-likeness (QED) is 0.759. The molecule has 4 nitrogen and oxygen atoms in total. The van der Waals surface area contributed by atoms with Gasteiger partial charge in [-0.25, -0.2) is 4.79 Å². The van der Waals surface area contributed by atoms with Crippen LogP contribution in [0.15, 0.2) is 0 Å². The van der Waals surface area contributed by atoms with Gasteiger partial charge in [-0.3, -0.25) is 0 Å². The second-order valence-corrected chi connectivity index (χ2v) is 4.66. The van der Waals surface area contributed by atoms with Crippen LogP contribution in [0.3, 0.4) is 0 Å². The van der Waals surface area contributed by atoms with E-state index >= 15 is 0 Å². The minimum Gasteiger partial charge on any atom is -0.338 e. The fourth-order valence-electron chi connectivity index (χ4n) is 1.89. The maximum atomic E-state index is 11.2. The van der Waals surface area contributed by atoms with Crippen molar-refractivity contribution in [2.45, 2.75) is 19.3 Å². The molecule has 0 atom stereocenters. The number of rotatable bonds is 3. The normalized spacial score (nSPS) is 18.9. The highest BCUT2D eigenvalue weighted by Crippen LogP contribution is 2.18. The molecule has 15 heavy (non-hydrogen) atoms. The number of nitrogens with one attached hydrogen (secondary N) is 1. The molecule has 0 radical (unpaired) electrons. The van der Waals surface area contributed by atoms with Crippen molar-refractivity contribution in [2.75, 3.05) is 40.8 Å². The van der Waals surface area contributed by atoms with Crippen LogP contribution in [0.2, 0.25) is 0 Å². The first-order valence-corrected chi connectivity index (χ1v) is 5.73. The van der Waals surface area contributed by atoms with Crippen LogP contribution in [0.25, 0.3) is 0 Å². The summed E-state index contributed by atoms with van der Waals surface area (Å²) >= 11 is 0. The van der Waals surface area contributed by atoms with Crippen molar-refractivity contribution in [2.24, 2.45) is 5.92 Å². The molecule has 4 heteroatoms. The SMILES string of the molecule is CN1CCC(CCNC(=O)N(C)C)CC1. The van der Waals surface area contributed by atoms with Crippen LogP contribution in [0, 0.1) is 5.92 Å². The van der Waals surface area contributed by atoms with Crippen LogP contribution < -0.4 is 5.32 Å². The summed E-state index contributed by atoms with van der Waals surface area (Å²) in [5.74, 6) is 0.795. The van der Waals surface area contributed by atoms with Crippen molar-refractivity contribution in [3.63, 3.8) is 0 Å². The van der Waals surface area contributed by atoms with Gasteiger partial charge in [0.15, 0.2) is 0 Å². The van der Waals surface area contributed by atoms with Gasteiger partial charge in [-0.1, -0.05) is 0 Å². The molecule has 0 aromatic carbocycles. The van der Waals surface area contributed by atoms with Crippen molar-refractivity contribution in [3.8, 4) is 0 Å². The second-order valence-electron chi connectivity index (χ2n) is 4.66. The Kier molecular flexibility index (Phi) is 4.88. The van der Waals surface area contributed by atoms with E-state index in [-0.39, 0.29) is 6.03 Å². The van der Waals surface area contributed by atoms with Gasteiger partial charge in [-0.2, -0.15) is 0 Å². The molecule has 0 spiro atoms. The third kappa shape index (κ3) is 4.51. The van der Waals surface area contributed by atoms with Crippen molar-refractivity contribution < 1.29 is 4.79 Å². The van der Waals surface area contributed by atoms with Crippen LogP contribution in [-0.4, -0.2) is 56.6 Å². The van der Waals surface area contributed by atoms with Gasteiger partial charge in [0.2, 0.25) is 0 Å². The Balaban J connectivity index is 2.08. The predicted octanol–water partition coefficient (Wildman–Crippen LogP) is 0.990. The summed E-state index contributed by atoms with van der Waals surface area (Å²) < 4.78 is 0. The summed E-state index contributed by atoms with van der Waals surface area (Å²) in [7, 11) is 5.71. The van der Waals surface area contributed by atoms with Gasteiger partial charge in [0.25, 0.3) is 0 Å². The molecule has 0 bridgehead atoms. The van der Waals surface area contributed by atoms with Crippen LogP contribution in [0.4, 0.5) is 4.79 Å². The Bertz CT molecular complexity index is 198. The zero-order valence-corrected chi connectivity index (χ0v) is 10.1. The molecule has 1 saturated heterocycles. The van der Waals surface area contributed by atoms with Crippen LogP contribution >= 0.6 is 0 Å². The Labute approximate surface area is 92.6 Å². The highest BCUT2D eigenvalue weighted by Gasteiger charge is 2.16. The Morgan fingerprint density at radius 2 is 2.00 bits per heavy atom. The summed E-state index contributed by atoms with van der Waals surface area (Å²) in [5.41, 5.74) is 0. The standard InChI is InChI=1S/C11H23N3O/c1-13(2)11(15)12-7-4-10-5-8-14(3)9-6-10/h10H,4-9H2,1-3H3,(H,12,15). The number of nitrogens with zero attached hydrogens (tertiary/aromatic N) is 2. The molecular weight excluding hydrogens is 190 g/mol. The van der Waals surface area contributed by atoms with Crippen LogP contribution in [0.5, 0.6) is 0 Å². The number of likely N-dealkylation sites (tertiary alicyclic amines) is 1. The smallest absolute Gasteiger partial charge is 0.316 e. The zero-order chi connectivity index (χ0) is 11.3. The van der Waals surface area contributed by atoms with E-state index < -0.39 is 0 Å². The topological polar surface area (TPSA) is 35.6 Å². The van der Waals surface area contributed by atoms with Gasteiger partial charge < -0.3 is 15.1 Å². The Morgan fingerprint density at radius 1 is 1.40 bits per heavy atom. The Hall–Kier alpha value is -0.770. The lowest BCUT2D eigenvalue weighted by Crippen LogP contribution is -2.37. The first-order valence-electron chi connectivity index (χ1n) is 5.73. The van der Waals surface area contributed by atoms with E-state index in [4.69, 9.17) is 0 Å². The van der Waals surface area contributed by atoms with Gasteiger partial charge in [-0.15, -0.1) is 0 Å². The summed E-state index contributed by atoms with van der Waals surface area (Å²) in [6, 6.07) is 0.0166. The van der Waals surface area contributed by atoms with Crippen LogP contribution in [-0.2, 0) is 0 Å². The molecule has 1 rings (SSSR count). The third-order valence-electron chi connectivity index (χ3n) is 3.07. The molecule has 2 amide bonds. The lowest BCUT2D eigenvalue weighted by Gasteiger charge is -2.29. The molecule has 0 aromatic heterocycles. The average Bonchev–Trinajstić information content (AvgIpc) is 2.20. The number of urea groups is 1. The first-order chi connectivity index (χ1) is 7.09. The molecule has 0 aromatic rings. The van der Waals surface area contributed by atoms with E-state index in [1.807, 2.05) is 0 Å². The summed E-state index contributed by atoms with van der Waals surface area (Å²) in [5, 5.41) is 2.91. The van der Waals surface area contributed by atoms with Gasteiger partial charge in [0, 0.05) is 20.6 Å². The summed E-state index contributed by atoms with van der Waals surface area (Å²) in [6.07, 6.45) is 3.66. The molecule has 88 valence electrons. The van der Waals surface area contributed by atoms with Crippen molar-refractivity contribution >= 4 is 6.03 Å². The lowest BCUT2D eigenvalue weighted by molar-refractivity contribution is 0.203. The van der Waals surface area contributed by atoms with E-state index in [0.717, 1.165) is 18.9 Å². The summed E-state index contributed by atoms with van der Waals surface area (Å²) in [6.45, 7) is 3.21. The third-order valence-corrected chi connectivity index (χ3v) is 3.07. The molecule has 1 aliphatic heterocycles. The van der Waals surface area contributed by atoms with Crippen molar-refractivity contribution in [3.05, 3.63) is 0 Å². The lowest BCUT2D eigenvalue weighted by atomic mass is 9.94. The van der Waals surface area contributed by atoms with Crippen molar-refractivity contribution in [1.29, 1.82) is 0 Å². The average molecular weight is 213 g/mol. The molecule has 1 heterocycles. The fraction of sp³-hybridized carbons (Fsp3) is 0.909. The maximum Gasteiger partial charge on any atom is 0.316 e. The first kappa shape index (κ1) is 12.3. The largest absolute Gasteiger partial charge is 0.338 e. The number of hydrogen-bond acceptors (Lipinski definition) is 2. The fourth-order valence-corrected chi connectivity index (χ4v) is 1.89. The number of amides is 2. The van der Waals surface area contributed by atoms with Gasteiger partial charge >= 0.3 is 6.03 Å². The molecule has 0 saturated carbocycles. The van der Waals surface area contributed by atoms with Crippen molar-refractivity contribution in [1.82, 2.24) is 15.1 Å². The highest BCUT2D eigenvalue weighted by molar-refractivity contribution is 5.73. The maximum absolute atomic E-state index is 11.2. The van der Waals surface area contributed by atoms with Gasteiger partial charge in [0.1, 0.15) is 0 Å². The van der Waals surface area contributed by atoms with Crippen LogP contribution in [0.1, 0.15) is 19.3 Å². The molecular formula is C11H23N3O. The molecule has 0 aliphatic carbocycles. The molecule has 1 N–H and O–H groups in total. The van der Waals surface area contributed by atoms with E-state index in [1.54, 1.807) is 19.0 Å². The number of carbonyl (C=O) groups is 1. The van der Waals surface area contributed by atoms with E-state index in [0.29, 0.717) is 0 Å². The summed E-state index contributed by atoms with van der Waals surface area (Å²) in [4.78, 5) is 15.2. The molecule has 0 unspecified atom stereocenters. The Morgan fingerprint density at radius 3 is 2.53 bits per heavy atom. The van der Waals surface area contributed by atoms with E-state index in [9.17, 15) is 4.79 Å². The number of carbonyl (C=O) groups excluding carboxylic acids is 1. The highest BCUT2D eigenvalue weighted by atomic mass is 16.2. The van der Waals surface area contributed by atoms with E-state index in [1.165, 1.54) is 25.9 Å². The monoisotopic (exact) mass is 213 g/mol. The number of hydrogen-bond donors (Lipinski definition) is 1. The minimum atomic E-state index is 0.0166. The predicted molar refractivity (Wildman–Crippen MR) is 61.9 cm³/mol. The van der Waals surface area contributed by atoms with E-state index in [2.05, 4.69) is 17.3 Å². The van der Waals surface area contributed by atoms with Gasteiger partial charge in [-0.05, 0) is 45.3 Å². The molecule has 1 fully saturated rings. The second kappa shape index (κ2) is 5.95. The van der Waals surface area contributed by atoms with Gasteiger partial charge in [0.05, 0.1) is 0 Å². The zero-order valence-electron chi connectivity index (χ0n) is 10.1. The number of piperidine rings is 1. The molecule has 1 aliphatic rings. The minimum absolute atomic E-state index is 0.0166.